The van der Waals surface area contributed by atoms with Crippen LogP contribution in [-0.2, 0) is 4.79 Å². The van der Waals surface area contributed by atoms with Crippen LogP contribution in [0.2, 0.25) is 5.15 Å². The summed E-state index contributed by atoms with van der Waals surface area (Å²) in [5.74, 6) is 2.90. The summed E-state index contributed by atoms with van der Waals surface area (Å²) in [6, 6.07) is 1.85. The molecular weight excluding hydrogens is 268 g/mol. The molecule has 1 N–H and O–H groups in total. The molecule has 0 radical (unpaired) electrons. The minimum Gasteiger partial charge on any atom is -0.323 e. The highest BCUT2D eigenvalue weighted by Gasteiger charge is 2.18. The number of amides is 1. The lowest BCUT2D eigenvalue weighted by molar-refractivity contribution is -0.117. The lowest BCUT2D eigenvalue weighted by Crippen LogP contribution is -2.19. The van der Waals surface area contributed by atoms with Gasteiger partial charge in [0.15, 0.2) is 5.15 Å². The second kappa shape index (κ2) is 6.43. The number of pyridine rings is 1. The fraction of sp³-hybridized carbons (Fsp3) is 0.538. The fourth-order valence-electron chi connectivity index (χ4n) is 2.05. The van der Waals surface area contributed by atoms with Gasteiger partial charge in [0, 0.05) is 12.6 Å². The van der Waals surface area contributed by atoms with Crippen LogP contribution in [0.5, 0.6) is 0 Å². The van der Waals surface area contributed by atoms with Gasteiger partial charge in [-0.25, -0.2) is 4.98 Å². The van der Waals surface area contributed by atoms with Gasteiger partial charge in [0.2, 0.25) is 5.91 Å². The Hall–Kier alpha value is -0.740. The van der Waals surface area contributed by atoms with E-state index in [1.165, 1.54) is 11.5 Å². The van der Waals surface area contributed by atoms with Crippen LogP contribution in [0.3, 0.4) is 0 Å². The first-order chi connectivity index (χ1) is 8.65. The molecular formula is C13H17ClN2OS. The van der Waals surface area contributed by atoms with Crippen LogP contribution in [0, 0.1) is 12.8 Å². The maximum Gasteiger partial charge on any atom is 0.224 e. The summed E-state index contributed by atoms with van der Waals surface area (Å²) in [7, 11) is 0. The van der Waals surface area contributed by atoms with Crippen molar-refractivity contribution in [3.63, 3.8) is 0 Å². The van der Waals surface area contributed by atoms with E-state index in [1.807, 2.05) is 24.8 Å². The molecule has 3 nitrogen and oxygen atoms in total. The van der Waals surface area contributed by atoms with Crippen molar-refractivity contribution >= 4 is 35.0 Å². The van der Waals surface area contributed by atoms with Crippen LogP contribution in [0.15, 0.2) is 12.3 Å². The van der Waals surface area contributed by atoms with Gasteiger partial charge in [-0.05, 0) is 48.8 Å². The second-order valence-electron chi connectivity index (χ2n) is 4.66. The van der Waals surface area contributed by atoms with E-state index in [9.17, 15) is 4.79 Å². The maximum absolute atomic E-state index is 11.9. The molecule has 0 saturated carbocycles. The minimum absolute atomic E-state index is 0.0428. The molecule has 1 aliphatic heterocycles. The molecule has 2 rings (SSSR count). The number of halogens is 1. The van der Waals surface area contributed by atoms with Crippen molar-refractivity contribution in [3.05, 3.63) is 23.0 Å². The number of carbonyl (C=O) groups excluding carboxylic acids is 1. The molecule has 98 valence electrons. The Morgan fingerprint density at radius 3 is 3.00 bits per heavy atom. The summed E-state index contributed by atoms with van der Waals surface area (Å²) in [4.78, 5) is 16.0. The Kier molecular flexibility index (Phi) is 4.89. The number of anilines is 1. The van der Waals surface area contributed by atoms with Gasteiger partial charge in [-0.3, -0.25) is 4.79 Å². The smallest absolute Gasteiger partial charge is 0.224 e. The SMILES string of the molecule is Cc1cnc(Cl)c(NC(=O)CC2CCSCC2)c1. The standard InChI is InChI=1S/C13H17ClN2OS/c1-9-6-11(13(14)15-8-9)16-12(17)7-10-2-4-18-5-3-10/h6,8,10H,2-5,7H2,1H3,(H,16,17). The molecule has 1 amide bonds. The summed E-state index contributed by atoms with van der Waals surface area (Å²) in [5, 5.41) is 3.21. The van der Waals surface area contributed by atoms with Crippen molar-refractivity contribution in [1.82, 2.24) is 4.98 Å². The Morgan fingerprint density at radius 1 is 1.56 bits per heavy atom. The van der Waals surface area contributed by atoms with Crippen LogP contribution in [0.1, 0.15) is 24.8 Å². The average molecular weight is 285 g/mol. The second-order valence-corrected chi connectivity index (χ2v) is 6.24. The monoisotopic (exact) mass is 284 g/mol. The molecule has 5 heteroatoms. The Morgan fingerprint density at radius 2 is 2.28 bits per heavy atom. The zero-order valence-electron chi connectivity index (χ0n) is 10.4. The third-order valence-corrected chi connectivity index (χ3v) is 4.41. The Labute approximate surface area is 117 Å². The van der Waals surface area contributed by atoms with Gasteiger partial charge >= 0.3 is 0 Å². The van der Waals surface area contributed by atoms with Gasteiger partial charge in [0.05, 0.1) is 5.69 Å². The summed E-state index contributed by atoms with van der Waals surface area (Å²) in [6.45, 7) is 1.93. The van der Waals surface area contributed by atoms with E-state index in [4.69, 9.17) is 11.6 Å². The van der Waals surface area contributed by atoms with Crippen molar-refractivity contribution in [3.8, 4) is 0 Å². The first kappa shape index (κ1) is 13.7. The van der Waals surface area contributed by atoms with Crippen molar-refractivity contribution < 1.29 is 4.79 Å². The molecule has 18 heavy (non-hydrogen) atoms. The van der Waals surface area contributed by atoms with Crippen molar-refractivity contribution in [2.75, 3.05) is 16.8 Å². The van der Waals surface area contributed by atoms with Gasteiger partial charge in [0.25, 0.3) is 0 Å². The average Bonchev–Trinajstić information content (AvgIpc) is 2.35. The van der Waals surface area contributed by atoms with Gasteiger partial charge in [-0.15, -0.1) is 0 Å². The Bertz CT molecular complexity index is 433. The van der Waals surface area contributed by atoms with Crippen LogP contribution in [0.25, 0.3) is 0 Å². The Balaban J connectivity index is 1.92. The number of nitrogens with one attached hydrogen (secondary N) is 1. The highest BCUT2D eigenvalue weighted by molar-refractivity contribution is 7.99. The number of aromatic nitrogens is 1. The van der Waals surface area contributed by atoms with E-state index in [0.717, 1.165) is 18.4 Å². The van der Waals surface area contributed by atoms with Gasteiger partial charge in [-0.2, -0.15) is 11.8 Å². The molecule has 2 heterocycles. The number of thioether (sulfide) groups is 1. The van der Waals surface area contributed by atoms with Gasteiger partial charge in [0.1, 0.15) is 0 Å². The largest absolute Gasteiger partial charge is 0.323 e. The molecule has 1 fully saturated rings. The van der Waals surface area contributed by atoms with E-state index < -0.39 is 0 Å². The summed E-state index contributed by atoms with van der Waals surface area (Å²) in [6.07, 6.45) is 4.55. The van der Waals surface area contributed by atoms with Gasteiger partial charge < -0.3 is 5.32 Å². The van der Waals surface area contributed by atoms with E-state index >= 15 is 0 Å². The first-order valence-corrected chi connectivity index (χ1v) is 7.68. The predicted molar refractivity (Wildman–Crippen MR) is 77.3 cm³/mol. The van der Waals surface area contributed by atoms with Crippen molar-refractivity contribution in [2.45, 2.75) is 26.2 Å². The molecule has 1 aliphatic rings. The third-order valence-electron chi connectivity index (χ3n) is 3.06. The van der Waals surface area contributed by atoms with E-state index in [2.05, 4.69) is 10.3 Å². The number of hydrogen-bond acceptors (Lipinski definition) is 3. The molecule has 1 saturated heterocycles. The zero-order chi connectivity index (χ0) is 13.0. The highest BCUT2D eigenvalue weighted by atomic mass is 35.5. The third kappa shape index (κ3) is 3.89. The minimum atomic E-state index is 0.0428. The predicted octanol–water partition coefficient (Wildman–Crippen LogP) is 3.52. The van der Waals surface area contributed by atoms with Crippen molar-refractivity contribution in [1.29, 1.82) is 0 Å². The quantitative estimate of drug-likeness (QED) is 0.864. The first-order valence-electron chi connectivity index (χ1n) is 6.15. The number of aryl methyl sites for hydroxylation is 1. The number of hydrogen-bond donors (Lipinski definition) is 1. The maximum atomic E-state index is 11.9. The zero-order valence-corrected chi connectivity index (χ0v) is 12.0. The lowest BCUT2D eigenvalue weighted by atomic mass is 9.98. The summed E-state index contributed by atoms with van der Waals surface area (Å²) in [5.41, 5.74) is 1.61. The summed E-state index contributed by atoms with van der Waals surface area (Å²) < 4.78 is 0. The van der Waals surface area contributed by atoms with Crippen LogP contribution < -0.4 is 5.32 Å². The number of nitrogens with zero attached hydrogens (tertiary/aromatic N) is 1. The molecule has 0 spiro atoms. The van der Waals surface area contributed by atoms with Gasteiger partial charge in [-0.1, -0.05) is 11.6 Å². The molecule has 0 atom stereocenters. The number of rotatable bonds is 3. The van der Waals surface area contributed by atoms with E-state index in [0.29, 0.717) is 23.2 Å². The molecule has 1 aromatic rings. The topological polar surface area (TPSA) is 42.0 Å². The van der Waals surface area contributed by atoms with Crippen LogP contribution >= 0.6 is 23.4 Å². The fourth-order valence-corrected chi connectivity index (χ4v) is 3.41. The van der Waals surface area contributed by atoms with Crippen LogP contribution in [0.4, 0.5) is 5.69 Å². The van der Waals surface area contributed by atoms with E-state index in [1.54, 1.807) is 6.20 Å². The molecule has 0 unspecified atom stereocenters. The highest BCUT2D eigenvalue weighted by Crippen LogP contribution is 2.26. The summed E-state index contributed by atoms with van der Waals surface area (Å²) >= 11 is 7.93. The van der Waals surface area contributed by atoms with Crippen LogP contribution in [-0.4, -0.2) is 22.4 Å². The normalized spacial score (nSPS) is 16.6. The van der Waals surface area contributed by atoms with Crippen molar-refractivity contribution in [2.24, 2.45) is 5.92 Å². The lowest BCUT2D eigenvalue weighted by Gasteiger charge is -2.20. The molecule has 0 bridgehead atoms. The molecule has 1 aromatic heterocycles. The number of carbonyl (C=O) groups is 1. The van der Waals surface area contributed by atoms with E-state index in [-0.39, 0.29) is 5.91 Å². The molecule has 0 aromatic carbocycles. The molecule has 0 aliphatic carbocycles.